The number of carbonyl (C=O) groups excluding carboxylic acids is 2. The van der Waals surface area contributed by atoms with Crippen LogP contribution in [0.15, 0.2) is 67.0 Å². The molecule has 0 radical (unpaired) electrons. The number of amides is 1. The number of methoxy groups -OCH3 is 1. The summed E-state index contributed by atoms with van der Waals surface area (Å²) < 4.78 is 6.96. The molecular formula is C29H29N5O3. The molecule has 0 saturated heterocycles. The molecule has 8 nitrogen and oxygen atoms in total. The number of para-hydroxylation sites is 1. The van der Waals surface area contributed by atoms with Crippen LogP contribution in [0.4, 0.5) is 11.4 Å². The van der Waals surface area contributed by atoms with Crippen molar-refractivity contribution in [2.45, 2.75) is 33.4 Å². The number of esters is 1. The number of aromatic amines is 1. The van der Waals surface area contributed by atoms with Crippen LogP contribution in [0.5, 0.6) is 0 Å². The van der Waals surface area contributed by atoms with Crippen molar-refractivity contribution in [3.05, 3.63) is 89.4 Å². The van der Waals surface area contributed by atoms with Crippen molar-refractivity contribution in [3.8, 4) is 0 Å². The fourth-order valence-electron chi connectivity index (χ4n) is 4.73. The third-order valence-corrected chi connectivity index (χ3v) is 6.60. The molecule has 8 heteroatoms. The normalized spacial score (nSPS) is 11.1. The van der Waals surface area contributed by atoms with E-state index in [0.29, 0.717) is 36.2 Å². The minimum atomic E-state index is -0.532. The van der Waals surface area contributed by atoms with Gasteiger partial charge in [0.25, 0.3) is 0 Å². The number of carbonyl (C=O) groups is 2. The maximum atomic E-state index is 13.0. The monoisotopic (exact) mass is 495 g/mol. The number of benzene rings is 2. The van der Waals surface area contributed by atoms with E-state index in [-0.39, 0.29) is 11.6 Å². The van der Waals surface area contributed by atoms with Gasteiger partial charge in [-0.05, 0) is 42.2 Å². The standard InChI is InChI=1S/C29H29N5O3/c1-18-8-4-5-9-20(18)15-30-22-14-24-26(33-19(2)35)27(29(36)37-3)34(28(24)32-17-22)13-12-21-16-31-25-11-7-6-10-23(21)25/h4-11,14,16-17,30-31H,12-13,15H2,1-3H3,(H,33,35). The highest BCUT2D eigenvalue weighted by Crippen LogP contribution is 2.33. The number of nitrogens with zero attached hydrogens (tertiary/aromatic N) is 2. The van der Waals surface area contributed by atoms with Crippen LogP contribution in [0.1, 0.15) is 34.1 Å². The largest absolute Gasteiger partial charge is 0.464 e. The predicted octanol–water partition coefficient (Wildman–Crippen LogP) is 5.43. The SMILES string of the molecule is COC(=O)c1c(NC(C)=O)c2cc(NCc3ccccc3C)cnc2n1CCc1c[nH]c2ccccc12. The quantitative estimate of drug-likeness (QED) is 0.249. The first-order chi connectivity index (χ1) is 18.0. The predicted molar refractivity (Wildman–Crippen MR) is 146 cm³/mol. The van der Waals surface area contributed by atoms with E-state index in [1.807, 2.05) is 47.2 Å². The molecule has 0 aliphatic rings. The Hall–Kier alpha value is -4.59. The van der Waals surface area contributed by atoms with Crippen molar-refractivity contribution in [1.29, 1.82) is 0 Å². The Morgan fingerprint density at radius 1 is 1.05 bits per heavy atom. The van der Waals surface area contributed by atoms with Gasteiger partial charge in [-0.3, -0.25) is 4.79 Å². The van der Waals surface area contributed by atoms with E-state index in [2.05, 4.69) is 40.7 Å². The maximum Gasteiger partial charge on any atom is 0.356 e. The molecular weight excluding hydrogens is 466 g/mol. The number of hydrogen-bond acceptors (Lipinski definition) is 5. The van der Waals surface area contributed by atoms with Gasteiger partial charge in [-0.25, -0.2) is 9.78 Å². The molecule has 0 spiro atoms. The minimum absolute atomic E-state index is 0.274. The van der Waals surface area contributed by atoms with Crippen LogP contribution in [-0.4, -0.2) is 33.5 Å². The smallest absolute Gasteiger partial charge is 0.356 e. The minimum Gasteiger partial charge on any atom is -0.464 e. The molecule has 188 valence electrons. The summed E-state index contributed by atoms with van der Waals surface area (Å²) in [5.74, 6) is -0.811. The van der Waals surface area contributed by atoms with Crippen molar-refractivity contribution in [3.63, 3.8) is 0 Å². The molecule has 0 fully saturated rings. The van der Waals surface area contributed by atoms with Gasteiger partial charge in [0.15, 0.2) is 5.69 Å². The van der Waals surface area contributed by atoms with Crippen molar-refractivity contribution < 1.29 is 14.3 Å². The molecule has 0 aliphatic carbocycles. The zero-order valence-electron chi connectivity index (χ0n) is 21.1. The Kier molecular flexibility index (Phi) is 6.64. The van der Waals surface area contributed by atoms with E-state index in [9.17, 15) is 9.59 Å². The van der Waals surface area contributed by atoms with Crippen LogP contribution in [0, 0.1) is 6.92 Å². The van der Waals surface area contributed by atoms with Gasteiger partial charge in [0.2, 0.25) is 5.91 Å². The number of hydrogen-bond donors (Lipinski definition) is 3. The summed E-state index contributed by atoms with van der Waals surface area (Å²) in [6, 6.07) is 18.2. The van der Waals surface area contributed by atoms with E-state index in [4.69, 9.17) is 9.72 Å². The summed E-state index contributed by atoms with van der Waals surface area (Å²) in [4.78, 5) is 33.1. The maximum absolute atomic E-state index is 13.0. The van der Waals surface area contributed by atoms with Crippen LogP contribution in [0.2, 0.25) is 0 Å². The first-order valence-electron chi connectivity index (χ1n) is 12.2. The summed E-state index contributed by atoms with van der Waals surface area (Å²) in [6.45, 7) is 4.60. The third-order valence-electron chi connectivity index (χ3n) is 6.60. The van der Waals surface area contributed by atoms with Crippen molar-refractivity contribution >= 4 is 45.2 Å². The molecule has 5 rings (SSSR count). The summed E-state index contributed by atoms with van der Waals surface area (Å²) in [5, 5.41) is 8.07. The number of rotatable bonds is 8. The average molecular weight is 496 g/mol. The van der Waals surface area contributed by atoms with Crippen LogP contribution in [-0.2, 0) is 29.0 Å². The molecule has 37 heavy (non-hydrogen) atoms. The van der Waals surface area contributed by atoms with Gasteiger partial charge in [-0.2, -0.15) is 0 Å². The number of ether oxygens (including phenoxy) is 1. The molecule has 2 aromatic carbocycles. The molecule has 1 amide bonds. The lowest BCUT2D eigenvalue weighted by Gasteiger charge is -2.10. The van der Waals surface area contributed by atoms with Gasteiger partial charge in [0, 0.05) is 42.5 Å². The zero-order valence-corrected chi connectivity index (χ0v) is 21.1. The number of pyridine rings is 1. The lowest BCUT2D eigenvalue weighted by molar-refractivity contribution is -0.114. The van der Waals surface area contributed by atoms with Crippen molar-refractivity contribution in [2.24, 2.45) is 0 Å². The number of aromatic nitrogens is 3. The molecule has 0 atom stereocenters. The molecule has 5 aromatic rings. The van der Waals surface area contributed by atoms with Crippen molar-refractivity contribution in [1.82, 2.24) is 14.5 Å². The van der Waals surface area contributed by atoms with Gasteiger partial charge < -0.3 is 24.9 Å². The van der Waals surface area contributed by atoms with Gasteiger partial charge in [0.05, 0.1) is 24.7 Å². The second-order valence-corrected chi connectivity index (χ2v) is 9.03. The number of fused-ring (bicyclic) bond motifs is 2. The molecule has 0 bridgehead atoms. The Morgan fingerprint density at radius 2 is 1.84 bits per heavy atom. The highest BCUT2D eigenvalue weighted by Gasteiger charge is 2.25. The van der Waals surface area contributed by atoms with Gasteiger partial charge in [-0.1, -0.05) is 42.5 Å². The number of H-pyrrole nitrogens is 1. The Labute approximate surface area is 214 Å². The molecule has 3 aromatic heterocycles. The van der Waals surface area contributed by atoms with Crippen LogP contribution in [0.25, 0.3) is 21.9 Å². The lowest BCUT2D eigenvalue weighted by Crippen LogP contribution is -2.16. The Bertz CT molecular complexity index is 1610. The van der Waals surface area contributed by atoms with E-state index >= 15 is 0 Å². The lowest BCUT2D eigenvalue weighted by atomic mass is 10.1. The Balaban J connectivity index is 1.55. The van der Waals surface area contributed by atoms with Gasteiger partial charge in [0.1, 0.15) is 5.65 Å². The fraction of sp³-hybridized carbons (Fsp3) is 0.207. The van der Waals surface area contributed by atoms with Crippen LogP contribution >= 0.6 is 0 Å². The highest BCUT2D eigenvalue weighted by atomic mass is 16.5. The van der Waals surface area contributed by atoms with E-state index in [1.54, 1.807) is 6.20 Å². The average Bonchev–Trinajstić information content (AvgIpc) is 3.45. The van der Waals surface area contributed by atoms with Crippen molar-refractivity contribution in [2.75, 3.05) is 17.7 Å². The van der Waals surface area contributed by atoms with Gasteiger partial charge >= 0.3 is 5.97 Å². The first-order valence-corrected chi connectivity index (χ1v) is 12.2. The Morgan fingerprint density at radius 3 is 2.62 bits per heavy atom. The second kappa shape index (κ2) is 10.2. The summed E-state index contributed by atoms with van der Waals surface area (Å²) >= 11 is 0. The zero-order chi connectivity index (χ0) is 25.9. The number of anilines is 2. The molecule has 3 heterocycles. The molecule has 3 N–H and O–H groups in total. The van der Waals surface area contributed by atoms with E-state index < -0.39 is 5.97 Å². The highest BCUT2D eigenvalue weighted by molar-refractivity contribution is 6.11. The summed E-state index contributed by atoms with van der Waals surface area (Å²) in [7, 11) is 1.34. The molecule has 0 unspecified atom stereocenters. The van der Waals surface area contributed by atoms with Crippen LogP contribution in [0.3, 0.4) is 0 Å². The fourth-order valence-corrected chi connectivity index (χ4v) is 4.73. The molecule has 0 saturated carbocycles. The number of nitrogens with one attached hydrogen (secondary N) is 3. The third kappa shape index (κ3) is 4.78. The molecule has 0 aliphatic heterocycles. The topological polar surface area (TPSA) is 101 Å². The summed E-state index contributed by atoms with van der Waals surface area (Å²) in [6.07, 6.45) is 4.40. The second-order valence-electron chi connectivity index (χ2n) is 9.03. The van der Waals surface area contributed by atoms with E-state index in [0.717, 1.165) is 22.2 Å². The number of aryl methyl sites for hydroxylation is 3. The first kappa shape index (κ1) is 24.1. The summed E-state index contributed by atoms with van der Waals surface area (Å²) in [5.41, 5.74) is 6.63. The van der Waals surface area contributed by atoms with E-state index in [1.165, 1.54) is 25.2 Å². The van der Waals surface area contributed by atoms with Gasteiger partial charge in [-0.15, -0.1) is 0 Å². The van der Waals surface area contributed by atoms with Crippen LogP contribution < -0.4 is 10.6 Å².